The van der Waals surface area contributed by atoms with Crippen LogP contribution in [0.25, 0.3) is 10.6 Å². The molecular weight excluding hydrogens is 210 g/mol. The van der Waals surface area contributed by atoms with Gasteiger partial charge in [-0.15, -0.1) is 11.3 Å². The number of aromatic nitrogens is 1. The summed E-state index contributed by atoms with van der Waals surface area (Å²) in [5.74, 6) is -0.918. The Kier molecular flexibility index (Phi) is 2.51. The lowest BCUT2D eigenvalue weighted by atomic mass is 10.1. The van der Waals surface area contributed by atoms with Crippen molar-refractivity contribution in [2.45, 2.75) is 6.92 Å². The maximum absolute atomic E-state index is 11.0. The smallest absolute Gasteiger partial charge is 0.336 e. The molecule has 0 unspecified atom stereocenters. The van der Waals surface area contributed by atoms with Crippen molar-refractivity contribution in [3.05, 3.63) is 40.9 Å². The SMILES string of the molecule is Cc1csc(-c2ccccc2C(=O)O)n1. The van der Waals surface area contributed by atoms with Crippen molar-refractivity contribution in [1.82, 2.24) is 4.98 Å². The molecule has 2 aromatic rings. The van der Waals surface area contributed by atoms with E-state index in [1.807, 2.05) is 18.4 Å². The van der Waals surface area contributed by atoms with E-state index >= 15 is 0 Å². The fourth-order valence-corrected chi connectivity index (χ4v) is 2.17. The maximum atomic E-state index is 11.0. The highest BCUT2D eigenvalue weighted by Crippen LogP contribution is 2.26. The maximum Gasteiger partial charge on any atom is 0.336 e. The predicted molar refractivity (Wildman–Crippen MR) is 59.2 cm³/mol. The number of nitrogens with zero attached hydrogens (tertiary/aromatic N) is 1. The van der Waals surface area contributed by atoms with Crippen molar-refractivity contribution in [2.24, 2.45) is 0 Å². The number of hydrogen-bond donors (Lipinski definition) is 1. The third-order valence-electron chi connectivity index (χ3n) is 2.01. The van der Waals surface area contributed by atoms with Crippen molar-refractivity contribution in [3.8, 4) is 10.6 Å². The Labute approximate surface area is 91.0 Å². The highest BCUT2D eigenvalue weighted by atomic mass is 32.1. The number of carboxylic acid groups (broad SMARTS) is 1. The Balaban J connectivity index is 2.57. The van der Waals surface area contributed by atoms with E-state index in [2.05, 4.69) is 4.98 Å². The standard InChI is InChI=1S/C11H9NO2S/c1-7-6-15-10(12-7)8-4-2-3-5-9(8)11(13)14/h2-6H,1H3,(H,13,14). The molecule has 0 amide bonds. The normalized spacial score (nSPS) is 10.2. The molecule has 0 radical (unpaired) electrons. The first-order valence-corrected chi connectivity index (χ1v) is 5.31. The molecule has 76 valence electrons. The van der Waals surface area contributed by atoms with Crippen LogP contribution in [0, 0.1) is 6.92 Å². The molecule has 0 spiro atoms. The number of benzene rings is 1. The minimum Gasteiger partial charge on any atom is -0.478 e. The Morgan fingerprint density at radius 1 is 1.40 bits per heavy atom. The number of carboxylic acids is 1. The lowest BCUT2D eigenvalue weighted by Crippen LogP contribution is -1.98. The van der Waals surface area contributed by atoms with E-state index in [4.69, 9.17) is 5.11 Å². The molecule has 0 saturated carbocycles. The van der Waals surface area contributed by atoms with Crippen molar-refractivity contribution in [3.63, 3.8) is 0 Å². The average Bonchev–Trinajstić information content (AvgIpc) is 2.65. The van der Waals surface area contributed by atoms with E-state index in [1.165, 1.54) is 11.3 Å². The summed E-state index contributed by atoms with van der Waals surface area (Å²) in [5, 5.41) is 11.7. The Hall–Kier alpha value is -1.68. The van der Waals surface area contributed by atoms with E-state index in [0.29, 0.717) is 11.1 Å². The zero-order valence-corrected chi connectivity index (χ0v) is 8.91. The Morgan fingerprint density at radius 2 is 2.13 bits per heavy atom. The summed E-state index contributed by atoms with van der Waals surface area (Å²) in [7, 11) is 0. The van der Waals surface area contributed by atoms with Crippen LogP contribution in [0.15, 0.2) is 29.6 Å². The van der Waals surface area contributed by atoms with Crippen LogP contribution in [0.5, 0.6) is 0 Å². The van der Waals surface area contributed by atoms with E-state index in [1.54, 1.807) is 18.2 Å². The van der Waals surface area contributed by atoms with Gasteiger partial charge in [-0.3, -0.25) is 0 Å². The van der Waals surface area contributed by atoms with Crippen LogP contribution >= 0.6 is 11.3 Å². The first kappa shape index (κ1) is 9.86. The van der Waals surface area contributed by atoms with Gasteiger partial charge < -0.3 is 5.11 Å². The van der Waals surface area contributed by atoms with Crippen molar-refractivity contribution in [2.75, 3.05) is 0 Å². The van der Waals surface area contributed by atoms with Crippen LogP contribution in [0.2, 0.25) is 0 Å². The minimum absolute atomic E-state index is 0.298. The molecule has 0 fully saturated rings. The number of aryl methyl sites for hydroxylation is 1. The molecule has 15 heavy (non-hydrogen) atoms. The second kappa shape index (κ2) is 3.82. The summed E-state index contributed by atoms with van der Waals surface area (Å²) in [4.78, 5) is 15.3. The van der Waals surface area contributed by atoms with Gasteiger partial charge in [0.05, 0.1) is 5.56 Å². The predicted octanol–water partition coefficient (Wildman–Crippen LogP) is 2.82. The third-order valence-corrected chi connectivity index (χ3v) is 3.00. The molecular formula is C11H9NO2S. The molecule has 0 bridgehead atoms. The summed E-state index contributed by atoms with van der Waals surface area (Å²) in [6, 6.07) is 6.90. The van der Waals surface area contributed by atoms with Crippen LogP contribution in [-0.4, -0.2) is 16.1 Å². The van der Waals surface area contributed by atoms with Crippen LogP contribution < -0.4 is 0 Å². The summed E-state index contributed by atoms with van der Waals surface area (Å²) in [6.45, 7) is 1.89. The van der Waals surface area contributed by atoms with Crippen LogP contribution in [0.1, 0.15) is 16.1 Å². The lowest BCUT2D eigenvalue weighted by Gasteiger charge is -2.01. The molecule has 0 aliphatic rings. The highest BCUT2D eigenvalue weighted by molar-refractivity contribution is 7.13. The van der Waals surface area contributed by atoms with Gasteiger partial charge in [0, 0.05) is 16.6 Å². The molecule has 2 rings (SSSR count). The second-order valence-electron chi connectivity index (χ2n) is 3.14. The molecule has 1 aromatic heterocycles. The number of rotatable bonds is 2. The monoisotopic (exact) mass is 219 g/mol. The molecule has 0 saturated heterocycles. The molecule has 1 N–H and O–H groups in total. The zero-order chi connectivity index (χ0) is 10.8. The fourth-order valence-electron chi connectivity index (χ4n) is 1.33. The number of aromatic carboxylic acids is 1. The van der Waals surface area contributed by atoms with Gasteiger partial charge in [-0.05, 0) is 13.0 Å². The summed E-state index contributed by atoms with van der Waals surface area (Å²) in [6.07, 6.45) is 0. The number of hydrogen-bond acceptors (Lipinski definition) is 3. The quantitative estimate of drug-likeness (QED) is 0.844. The van der Waals surface area contributed by atoms with Gasteiger partial charge >= 0.3 is 5.97 Å². The second-order valence-corrected chi connectivity index (χ2v) is 4.00. The molecule has 4 heteroatoms. The van der Waals surface area contributed by atoms with Gasteiger partial charge in [0.15, 0.2) is 0 Å². The fraction of sp³-hybridized carbons (Fsp3) is 0.0909. The van der Waals surface area contributed by atoms with E-state index in [0.717, 1.165) is 10.7 Å². The lowest BCUT2D eigenvalue weighted by molar-refractivity contribution is 0.0697. The first-order valence-electron chi connectivity index (χ1n) is 4.43. The van der Waals surface area contributed by atoms with Crippen LogP contribution in [-0.2, 0) is 0 Å². The largest absolute Gasteiger partial charge is 0.478 e. The highest BCUT2D eigenvalue weighted by Gasteiger charge is 2.12. The number of carbonyl (C=O) groups is 1. The summed E-state index contributed by atoms with van der Waals surface area (Å²) in [5.41, 5.74) is 1.89. The first-order chi connectivity index (χ1) is 7.18. The van der Waals surface area contributed by atoms with Gasteiger partial charge in [0.1, 0.15) is 5.01 Å². The van der Waals surface area contributed by atoms with Crippen LogP contribution in [0.3, 0.4) is 0 Å². The Morgan fingerprint density at radius 3 is 2.73 bits per heavy atom. The van der Waals surface area contributed by atoms with Gasteiger partial charge in [0.2, 0.25) is 0 Å². The average molecular weight is 219 g/mol. The van der Waals surface area contributed by atoms with E-state index in [9.17, 15) is 4.79 Å². The summed E-state index contributed by atoms with van der Waals surface area (Å²) < 4.78 is 0. The molecule has 0 atom stereocenters. The molecule has 1 aromatic carbocycles. The van der Waals surface area contributed by atoms with E-state index in [-0.39, 0.29) is 0 Å². The Bertz CT molecular complexity index is 505. The van der Waals surface area contributed by atoms with Crippen molar-refractivity contribution < 1.29 is 9.90 Å². The van der Waals surface area contributed by atoms with Gasteiger partial charge in [-0.1, -0.05) is 18.2 Å². The summed E-state index contributed by atoms with van der Waals surface area (Å²) >= 11 is 1.46. The van der Waals surface area contributed by atoms with E-state index < -0.39 is 5.97 Å². The van der Waals surface area contributed by atoms with Crippen molar-refractivity contribution in [1.29, 1.82) is 0 Å². The van der Waals surface area contributed by atoms with Gasteiger partial charge in [0.25, 0.3) is 0 Å². The van der Waals surface area contributed by atoms with Crippen LogP contribution in [0.4, 0.5) is 0 Å². The van der Waals surface area contributed by atoms with Gasteiger partial charge in [-0.2, -0.15) is 0 Å². The molecule has 3 nitrogen and oxygen atoms in total. The van der Waals surface area contributed by atoms with Crippen molar-refractivity contribution >= 4 is 17.3 Å². The minimum atomic E-state index is -0.918. The molecule has 1 heterocycles. The zero-order valence-electron chi connectivity index (χ0n) is 8.10. The molecule has 0 aliphatic carbocycles. The van der Waals surface area contributed by atoms with Gasteiger partial charge in [-0.25, -0.2) is 9.78 Å². The molecule has 0 aliphatic heterocycles. The third kappa shape index (κ3) is 1.89. The topological polar surface area (TPSA) is 50.2 Å². The number of thiazole rings is 1.